The van der Waals surface area contributed by atoms with Crippen LogP contribution < -0.4 is 11.4 Å². The molecule has 0 aliphatic carbocycles. The van der Waals surface area contributed by atoms with Crippen LogP contribution in [0.5, 0.6) is 0 Å². The molecule has 2 rings (SSSR count). The highest BCUT2D eigenvalue weighted by Gasteiger charge is 2.45. The number of aliphatic hydroxyl groups excluding tert-OH is 1. The number of hydrogen-bond donors (Lipinski definition) is 2. The minimum atomic E-state index is -1.55. The standard InChI is InChI=1S/C9H11ClFN3O3/c10-6-7(11)4(3-15)17-8(6)14-2-1-5(12)13-9(14)16/h1-2,4,6-8,15H,3H2,(H2,12,13,16)/t4-,6-,7-,8-/m1/s1. The summed E-state index contributed by atoms with van der Waals surface area (Å²) in [5.74, 6) is 0.0610. The second-order valence-corrected chi connectivity index (χ2v) is 4.18. The molecule has 0 bridgehead atoms. The first-order valence-corrected chi connectivity index (χ1v) is 5.37. The lowest BCUT2D eigenvalue weighted by Gasteiger charge is -2.15. The van der Waals surface area contributed by atoms with E-state index in [-0.39, 0.29) is 5.82 Å². The fraction of sp³-hybridized carbons (Fsp3) is 0.556. The van der Waals surface area contributed by atoms with Gasteiger partial charge in [-0.1, -0.05) is 0 Å². The van der Waals surface area contributed by atoms with Crippen molar-refractivity contribution in [1.82, 2.24) is 9.55 Å². The van der Waals surface area contributed by atoms with Gasteiger partial charge in [0.1, 0.15) is 23.5 Å². The number of aromatic nitrogens is 2. The predicted octanol–water partition coefficient (Wildman–Crippen LogP) is -0.339. The SMILES string of the molecule is Nc1ccn([C@@H]2O[C@H](CO)[C@@H](F)[C@H]2Cl)c(=O)n1. The number of alkyl halides is 2. The minimum absolute atomic E-state index is 0.0610. The summed E-state index contributed by atoms with van der Waals surface area (Å²) >= 11 is 5.82. The van der Waals surface area contributed by atoms with Gasteiger partial charge in [0.15, 0.2) is 6.23 Å². The summed E-state index contributed by atoms with van der Waals surface area (Å²) in [6.45, 7) is -0.502. The van der Waals surface area contributed by atoms with Gasteiger partial charge in [-0.05, 0) is 6.07 Å². The number of halogens is 2. The Kier molecular flexibility index (Phi) is 3.32. The third-order valence-electron chi connectivity index (χ3n) is 2.55. The Bertz CT molecular complexity index is 469. The number of nitrogens with zero attached hydrogens (tertiary/aromatic N) is 2. The van der Waals surface area contributed by atoms with Crippen molar-refractivity contribution >= 4 is 17.4 Å². The first-order chi connectivity index (χ1) is 8.04. The van der Waals surface area contributed by atoms with E-state index in [4.69, 9.17) is 27.2 Å². The molecular formula is C9H11ClFN3O3. The number of ether oxygens (including phenoxy) is 1. The molecule has 0 spiro atoms. The van der Waals surface area contributed by atoms with E-state index < -0.39 is 36.2 Å². The van der Waals surface area contributed by atoms with Gasteiger partial charge in [-0.15, -0.1) is 11.6 Å². The fourth-order valence-electron chi connectivity index (χ4n) is 1.67. The van der Waals surface area contributed by atoms with Crippen molar-refractivity contribution < 1.29 is 14.2 Å². The summed E-state index contributed by atoms with van der Waals surface area (Å²) in [4.78, 5) is 15.0. The lowest BCUT2D eigenvalue weighted by molar-refractivity contribution is -0.0351. The molecule has 8 heteroatoms. The molecule has 6 nitrogen and oxygen atoms in total. The molecule has 0 aromatic carbocycles. The van der Waals surface area contributed by atoms with Crippen molar-refractivity contribution in [2.24, 2.45) is 0 Å². The molecule has 1 aliphatic rings. The van der Waals surface area contributed by atoms with E-state index in [9.17, 15) is 9.18 Å². The van der Waals surface area contributed by atoms with Crippen molar-refractivity contribution in [3.63, 3.8) is 0 Å². The molecule has 0 amide bonds. The summed E-state index contributed by atoms with van der Waals surface area (Å²) in [5.41, 5.74) is 4.65. The first kappa shape index (κ1) is 12.3. The summed E-state index contributed by atoms with van der Waals surface area (Å²) in [5, 5.41) is 7.83. The largest absolute Gasteiger partial charge is 0.394 e. The van der Waals surface area contributed by atoms with E-state index in [1.54, 1.807) is 0 Å². The van der Waals surface area contributed by atoms with E-state index in [0.29, 0.717) is 0 Å². The van der Waals surface area contributed by atoms with Gasteiger partial charge in [0, 0.05) is 6.20 Å². The molecule has 2 heterocycles. The molecule has 1 saturated heterocycles. The lowest BCUT2D eigenvalue weighted by Crippen LogP contribution is -2.31. The molecule has 1 fully saturated rings. The normalized spacial score (nSPS) is 32.9. The third kappa shape index (κ3) is 2.13. The molecule has 0 radical (unpaired) electrons. The molecule has 1 aromatic rings. The second-order valence-electron chi connectivity index (χ2n) is 3.68. The van der Waals surface area contributed by atoms with Crippen LogP contribution in [0, 0.1) is 0 Å². The average molecular weight is 264 g/mol. The second kappa shape index (κ2) is 4.59. The van der Waals surface area contributed by atoms with Gasteiger partial charge in [-0.2, -0.15) is 4.98 Å². The van der Waals surface area contributed by atoms with Crippen LogP contribution >= 0.6 is 11.6 Å². The molecule has 0 saturated carbocycles. The summed E-state index contributed by atoms with van der Waals surface area (Å²) in [6, 6.07) is 1.38. The Morgan fingerprint density at radius 2 is 2.41 bits per heavy atom. The van der Waals surface area contributed by atoms with Crippen molar-refractivity contribution in [3.05, 3.63) is 22.7 Å². The van der Waals surface area contributed by atoms with E-state index in [2.05, 4.69) is 4.98 Å². The van der Waals surface area contributed by atoms with Gasteiger partial charge >= 0.3 is 5.69 Å². The molecule has 4 atom stereocenters. The third-order valence-corrected chi connectivity index (χ3v) is 3.01. The highest BCUT2D eigenvalue weighted by atomic mass is 35.5. The molecule has 1 aromatic heterocycles. The predicted molar refractivity (Wildman–Crippen MR) is 58.4 cm³/mol. The van der Waals surface area contributed by atoms with E-state index in [0.717, 1.165) is 4.57 Å². The van der Waals surface area contributed by atoms with E-state index >= 15 is 0 Å². The maximum Gasteiger partial charge on any atom is 0.351 e. The number of aliphatic hydroxyl groups is 1. The Balaban J connectivity index is 2.32. The summed E-state index contributed by atoms with van der Waals surface area (Å²) in [7, 11) is 0. The minimum Gasteiger partial charge on any atom is -0.394 e. The van der Waals surface area contributed by atoms with Crippen LogP contribution in [-0.4, -0.2) is 38.9 Å². The maximum atomic E-state index is 13.6. The Hall–Kier alpha value is -1.18. The molecule has 3 N–H and O–H groups in total. The number of nitrogen functional groups attached to an aromatic ring is 1. The molecular weight excluding hydrogens is 253 g/mol. The van der Waals surface area contributed by atoms with Gasteiger partial charge in [-0.25, -0.2) is 9.18 Å². The van der Waals surface area contributed by atoms with E-state index in [1.807, 2.05) is 0 Å². The Morgan fingerprint density at radius 1 is 1.71 bits per heavy atom. The van der Waals surface area contributed by atoms with Gasteiger partial charge in [-0.3, -0.25) is 4.57 Å². The van der Waals surface area contributed by atoms with Crippen LogP contribution in [0.25, 0.3) is 0 Å². The lowest BCUT2D eigenvalue weighted by atomic mass is 10.2. The molecule has 94 valence electrons. The highest BCUT2D eigenvalue weighted by molar-refractivity contribution is 6.21. The number of rotatable bonds is 2. The van der Waals surface area contributed by atoms with Gasteiger partial charge in [0.05, 0.1) is 6.61 Å². The van der Waals surface area contributed by atoms with Crippen molar-refractivity contribution in [2.75, 3.05) is 12.3 Å². The van der Waals surface area contributed by atoms with Crippen molar-refractivity contribution in [2.45, 2.75) is 23.9 Å². The topological polar surface area (TPSA) is 90.4 Å². The van der Waals surface area contributed by atoms with Gasteiger partial charge < -0.3 is 15.6 Å². The van der Waals surface area contributed by atoms with Crippen LogP contribution in [0.1, 0.15) is 6.23 Å². The zero-order valence-corrected chi connectivity index (χ0v) is 9.42. The zero-order chi connectivity index (χ0) is 12.6. The Morgan fingerprint density at radius 3 is 2.94 bits per heavy atom. The number of nitrogens with two attached hydrogens (primary N) is 1. The quantitative estimate of drug-likeness (QED) is 0.713. The maximum absolute atomic E-state index is 13.6. The monoisotopic (exact) mass is 263 g/mol. The van der Waals surface area contributed by atoms with Crippen LogP contribution in [0.2, 0.25) is 0 Å². The van der Waals surface area contributed by atoms with Crippen LogP contribution in [-0.2, 0) is 4.74 Å². The van der Waals surface area contributed by atoms with Crippen molar-refractivity contribution in [1.29, 1.82) is 0 Å². The fourth-order valence-corrected chi connectivity index (χ4v) is 2.02. The molecule has 17 heavy (non-hydrogen) atoms. The first-order valence-electron chi connectivity index (χ1n) is 4.93. The van der Waals surface area contributed by atoms with Crippen molar-refractivity contribution in [3.8, 4) is 0 Å². The van der Waals surface area contributed by atoms with Gasteiger partial charge in [0.2, 0.25) is 0 Å². The smallest absolute Gasteiger partial charge is 0.351 e. The van der Waals surface area contributed by atoms with Crippen LogP contribution in [0.4, 0.5) is 10.2 Å². The summed E-state index contributed by atoms with van der Waals surface area (Å²) in [6.07, 6.45) is -2.25. The van der Waals surface area contributed by atoms with E-state index in [1.165, 1.54) is 12.3 Å². The Labute approximate surface area is 101 Å². The number of hydrogen-bond acceptors (Lipinski definition) is 5. The zero-order valence-electron chi connectivity index (χ0n) is 8.66. The van der Waals surface area contributed by atoms with Crippen LogP contribution in [0.15, 0.2) is 17.1 Å². The summed E-state index contributed by atoms with van der Waals surface area (Å²) < 4.78 is 19.8. The highest BCUT2D eigenvalue weighted by Crippen LogP contribution is 2.34. The number of anilines is 1. The average Bonchev–Trinajstić information content (AvgIpc) is 2.57. The van der Waals surface area contributed by atoms with Gasteiger partial charge in [0.25, 0.3) is 0 Å². The molecule has 0 unspecified atom stereocenters. The molecule has 1 aliphatic heterocycles. The van der Waals surface area contributed by atoms with Crippen LogP contribution in [0.3, 0.4) is 0 Å².